The van der Waals surface area contributed by atoms with Gasteiger partial charge in [0.25, 0.3) is 0 Å². The summed E-state index contributed by atoms with van der Waals surface area (Å²) < 4.78 is 43.6. The molecule has 0 aliphatic carbocycles. The smallest absolute Gasteiger partial charge is 0.340 e. The zero-order chi connectivity index (χ0) is 16.5. The molecule has 1 aliphatic heterocycles. The van der Waals surface area contributed by atoms with Gasteiger partial charge in [0.2, 0.25) is 5.89 Å². The van der Waals surface area contributed by atoms with Crippen LogP contribution in [0.5, 0.6) is 0 Å². The molecule has 2 heterocycles. The molecule has 6 nitrogen and oxygen atoms in total. The number of hydrogen-bond donors (Lipinski definition) is 1. The van der Waals surface area contributed by atoms with Crippen molar-refractivity contribution in [1.29, 1.82) is 0 Å². The summed E-state index contributed by atoms with van der Waals surface area (Å²) in [5.41, 5.74) is 0. The van der Waals surface area contributed by atoms with E-state index in [2.05, 4.69) is 15.5 Å². The standard InChI is InChI=1S/C13H19F3N4O2/c1-7(2)10(13(14,15)16)18-12(21)20-5-4-9(6-20)11-17-8(3)22-19-11/h7,9-10H,4-6H2,1-3H3,(H,18,21)/t9?,10-/m0/s1. The third-order valence-corrected chi connectivity index (χ3v) is 3.68. The number of aryl methyl sites for hydroxylation is 1. The van der Waals surface area contributed by atoms with Crippen LogP contribution in [0, 0.1) is 12.8 Å². The molecular weight excluding hydrogens is 301 g/mol. The molecule has 9 heteroatoms. The topological polar surface area (TPSA) is 71.3 Å². The van der Waals surface area contributed by atoms with Gasteiger partial charge in [-0.2, -0.15) is 18.2 Å². The summed E-state index contributed by atoms with van der Waals surface area (Å²) in [7, 11) is 0. The minimum absolute atomic E-state index is 0.105. The first kappa shape index (κ1) is 16.6. The molecule has 2 rings (SSSR count). The van der Waals surface area contributed by atoms with E-state index in [4.69, 9.17) is 4.52 Å². The molecule has 0 aromatic carbocycles. The van der Waals surface area contributed by atoms with E-state index in [1.807, 2.05) is 0 Å². The Morgan fingerprint density at radius 3 is 2.64 bits per heavy atom. The number of nitrogens with one attached hydrogen (secondary N) is 1. The first-order chi connectivity index (χ1) is 10.2. The third kappa shape index (κ3) is 3.69. The molecule has 1 aromatic rings. The molecule has 1 N–H and O–H groups in total. The Hall–Kier alpha value is -1.80. The number of rotatable bonds is 3. The molecule has 1 saturated heterocycles. The van der Waals surface area contributed by atoms with Crippen LogP contribution in [0.4, 0.5) is 18.0 Å². The minimum atomic E-state index is -4.46. The van der Waals surface area contributed by atoms with Crippen LogP contribution in [0.15, 0.2) is 4.52 Å². The maximum Gasteiger partial charge on any atom is 0.408 e. The van der Waals surface area contributed by atoms with Crippen LogP contribution in [0.25, 0.3) is 0 Å². The van der Waals surface area contributed by atoms with Crippen molar-refractivity contribution in [3.8, 4) is 0 Å². The molecule has 2 amide bonds. The van der Waals surface area contributed by atoms with Crippen LogP contribution in [0.3, 0.4) is 0 Å². The Kier molecular flexibility index (Phi) is 4.62. The van der Waals surface area contributed by atoms with E-state index in [1.165, 1.54) is 18.7 Å². The Bertz CT molecular complexity index is 530. The lowest BCUT2D eigenvalue weighted by atomic mass is 10.0. The second kappa shape index (κ2) is 6.13. The lowest BCUT2D eigenvalue weighted by Gasteiger charge is -2.27. The summed E-state index contributed by atoms with van der Waals surface area (Å²) in [5.74, 6) is 0.0765. The van der Waals surface area contributed by atoms with Gasteiger partial charge in [0.15, 0.2) is 5.82 Å². The number of likely N-dealkylation sites (tertiary alicyclic amines) is 1. The summed E-state index contributed by atoms with van der Waals surface area (Å²) >= 11 is 0. The first-order valence-electron chi connectivity index (χ1n) is 7.11. The normalized spacial score (nSPS) is 20.5. The lowest BCUT2D eigenvalue weighted by molar-refractivity contribution is -0.162. The van der Waals surface area contributed by atoms with Gasteiger partial charge in [0.1, 0.15) is 6.04 Å². The number of carbonyl (C=O) groups is 1. The minimum Gasteiger partial charge on any atom is -0.340 e. The highest BCUT2D eigenvalue weighted by atomic mass is 19.4. The van der Waals surface area contributed by atoms with Crippen molar-refractivity contribution in [3.63, 3.8) is 0 Å². The highest BCUT2D eigenvalue weighted by Crippen LogP contribution is 2.28. The Balaban J connectivity index is 1.96. The van der Waals surface area contributed by atoms with Crippen molar-refractivity contribution in [1.82, 2.24) is 20.4 Å². The average Bonchev–Trinajstić information content (AvgIpc) is 3.02. The zero-order valence-corrected chi connectivity index (χ0v) is 12.6. The van der Waals surface area contributed by atoms with Crippen LogP contribution in [-0.4, -0.2) is 46.4 Å². The summed E-state index contributed by atoms with van der Waals surface area (Å²) in [6.07, 6.45) is -3.86. The zero-order valence-electron chi connectivity index (χ0n) is 12.6. The van der Waals surface area contributed by atoms with Crippen molar-refractivity contribution in [2.75, 3.05) is 13.1 Å². The van der Waals surface area contributed by atoms with Gasteiger partial charge < -0.3 is 14.7 Å². The predicted molar refractivity (Wildman–Crippen MR) is 71.2 cm³/mol. The molecule has 22 heavy (non-hydrogen) atoms. The van der Waals surface area contributed by atoms with Gasteiger partial charge in [0.05, 0.1) is 0 Å². The second-order valence-electron chi connectivity index (χ2n) is 5.82. The van der Waals surface area contributed by atoms with Gasteiger partial charge in [0, 0.05) is 25.9 Å². The molecule has 1 aliphatic rings. The van der Waals surface area contributed by atoms with E-state index >= 15 is 0 Å². The van der Waals surface area contributed by atoms with Gasteiger partial charge in [-0.1, -0.05) is 19.0 Å². The molecule has 0 saturated carbocycles. The van der Waals surface area contributed by atoms with Crippen LogP contribution in [0.2, 0.25) is 0 Å². The maximum atomic E-state index is 12.9. The van der Waals surface area contributed by atoms with Gasteiger partial charge in [-0.3, -0.25) is 0 Å². The second-order valence-corrected chi connectivity index (χ2v) is 5.82. The number of amides is 2. The quantitative estimate of drug-likeness (QED) is 0.928. The molecule has 1 aromatic heterocycles. The van der Waals surface area contributed by atoms with Crippen molar-refractivity contribution in [3.05, 3.63) is 11.7 Å². The van der Waals surface area contributed by atoms with E-state index in [9.17, 15) is 18.0 Å². The molecule has 0 radical (unpaired) electrons. The number of carbonyl (C=O) groups excluding carboxylic acids is 1. The van der Waals surface area contributed by atoms with Gasteiger partial charge in [-0.15, -0.1) is 0 Å². The Labute approximate surface area is 126 Å². The van der Waals surface area contributed by atoms with Crippen LogP contribution >= 0.6 is 0 Å². The largest absolute Gasteiger partial charge is 0.408 e. The van der Waals surface area contributed by atoms with E-state index < -0.39 is 24.2 Å². The summed E-state index contributed by atoms with van der Waals surface area (Å²) in [6.45, 7) is 5.16. The Morgan fingerprint density at radius 1 is 1.45 bits per heavy atom. The van der Waals surface area contributed by atoms with E-state index in [0.29, 0.717) is 24.7 Å². The number of hydrogen-bond acceptors (Lipinski definition) is 4. The third-order valence-electron chi connectivity index (χ3n) is 3.68. The summed E-state index contributed by atoms with van der Waals surface area (Å²) in [4.78, 5) is 17.5. The lowest BCUT2D eigenvalue weighted by Crippen LogP contribution is -2.52. The van der Waals surface area contributed by atoms with Crippen molar-refractivity contribution >= 4 is 6.03 Å². The first-order valence-corrected chi connectivity index (χ1v) is 7.11. The predicted octanol–water partition coefficient (Wildman–Crippen LogP) is 2.46. The van der Waals surface area contributed by atoms with Crippen LogP contribution < -0.4 is 5.32 Å². The molecule has 0 bridgehead atoms. The van der Waals surface area contributed by atoms with Gasteiger partial charge in [-0.25, -0.2) is 4.79 Å². The highest BCUT2D eigenvalue weighted by molar-refractivity contribution is 5.75. The highest BCUT2D eigenvalue weighted by Gasteiger charge is 2.43. The summed E-state index contributed by atoms with van der Waals surface area (Å²) in [6, 6.07) is -2.56. The van der Waals surface area contributed by atoms with Crippen LogP contribution in [0.1, 0.15) is 37.9 Å². The monoisotopic (exact) mass is 320 g/mol. The molecule has 1 fully saturated rings. The average molecular weight is 320 g/mol. The molecular formula is C13H19F3N4O2. The molecule has 124 valence electrons. The fraction of sp³-hybridized carbons (Fsp3) is 0.769. The number of aromatic nitrogens is 2. The molecule has 1 unspecified atom stereocenters. The van der Waals surface area contributed by atoms with Crippen molar-refractivity contribution in [2.45, 2.75) is 45.3 Å². The number of alkyl halides is 3. The van der Waals surface area contributed by atoms with E-state index in [1.54, 1.807) is 6.92 Å². The van der Waals surface area contributed by atoms with Crippen molar-refractivity contribution < 1.29 is 22.5 Å². The molecule has 2 atom stereocenters. The SMILES string of the molecule is Cc1nc(C2CCN(C(=O)N[C@@H](C(C)C)C(F)(F)F)C2)no1. The number of urea groups is 1. The van der Waals surface area contributed by atoms with E-state index in [-0.39, 0.29) is 12.5 Å². The van der Waals surface area contributed by atoms with Gasteiger partial charge in [-0.05, 0) is 12.3 Å². The fourth-order valence-electron chi connectivity index (χ4n) is 2.49. The van der Waals surface area contributed by atoms with Crippen molar-refractivity contribution in [2.24, 2.45) is 5.92 Å². The Morgan fingerprint density at radius 2 is 2.14 bits per heavy atom. The maximum absolute atomic E-state index is 12.9. The number of nitrogens with zero attached hydrogens (tertiary/aromatic N) is 3. The van der Waals surface area contributed by atoms with E-state index in [0.717, 1.165) is 0 Å². The van der Waals surface area contributed by atoms with Crippen LogP contribution in [-0.2, 0) is 0 Å². The molecule has 0 spiro atoms. The summed E-state index contributed by atoms with van der Waals surface area (Å²) in [5, 5.41) is 5.87. The fourth-order valence-corrected chi connectivity index (χ4v) is 2.49. The van der Waals surface area contributed by atoms with Gasteiger partial charge >= 0.3 is 12.2 Å². The number of halogens is 3.